The molecule has 1 aliphatic rings. The number of fused-ring (bicyclic) bond motifs is 1. The first-order valence-corrected chi connectivity index (χ1v) is 8.43. The molecule has 1 N–H and O–H groups in total. The Balaban J connectivity index is 1.42. The standard InChI is InChI=1S/C17H15N3O3S/c21-16(10-13-11-24-17(19-13)20-5-1-2-6-20)18-12-3-4-14-15(9-12)23-8-7-22-14/h1-6,9,11H,7-8,10H2,(H,18,21). The molecule has 3 heterocycles. The summed E-state index contributed by atoms with van der Waals surface area (Å²) in [6.07, 6.45) is 4.09. The van der Waals surface area contributed by atoms with E-state index in [2.05, 4.69) is 10.3 Å². The van der Waals surface area contributed by atoms with Crippen molar-refractivity contribution in [1.29, 1.82) is 0 Å². The molecule has 0 fully saturated rings. The lowest BCUT2D eigenvalue weighted by atomic mass is 10.2. The number of ether oxygens (including phenoxy) is 2. The van der Waals surface area contributed by atoms with E-state index in [9.17, 15) is 4.79 Å². The van der Waals surface area contributed by atoms with Crippen molar-refractivity contribution in [2.75, 3.05) is 18.5 Å². The van der Waals surface area contributed by atoms with Crippen LogP contribution in [0.3, 0.4) is 0 Å². The first-order valence-electron chi connectivity index (χ1n) is 7.55. The van der Waals surface area contributed by atoms with Crippen LogP contribution in [0, 0.1) is 0 Å². The van der Waals surface area contributed by atoms with Crippen molar-refractivity contribution in [3.63, 3.8) is 0 Å². The van der Waals surface area contributed by atoms with Crippen LogP contribution >= 0.6 is 11.3 Å². The fourth-order valence-corrected chi connectivity index (χ4v) is 3.24. The van der Waals surface area contributed by atoms with E-state index in [0.717, 1.165) is 10.8 Å². The highest BCUT2D eigenvalue weighted by molar-refractivity contribution is 7.12. The predicted octanol–water partition coefficient (Wildman–Crippen LogP) is 2.89. The zero-order valence-corrected chi connectivity index (χ0v) is 13.6. The van der Waals surface area contributed by atoms with E-state index >= 15 is 0 Å². The van der Waals surface area contributed by atoms with E-state index in [1.807, 2.05) is 34.5 Å². The van der Waals surface area contributed by atoms with Crippen LogP contribution in [-0.2, 0) is 11.2 Å². The summed E-state index contributed by atoms with van der Waals surface area (Å²) in [7, 11) is 0. The minimum atomic E-state index is -0.115. The number of amides is 1. The fraction of sp³-hybridized carbons (Fsp3) is 0.176. The molecule has 1 aromatic carbocycles. The van der Waals surface area contributed by atoms with Crippen molar-refractivity contribution < 1.29 is 14.3 Å². The Morgan fingerprint density at radius 3 is 2.83 bits per heavy atom. The number of nitrogens with zero attached hydrogens (tertiary/aromatic N) is 2. The summed E-state index contributed by atoms with van der Waals surface area (Å²) in [6, 6.07) is 9.26. The van der Waals surface area contributed by atoms with E-state index in [4.69, 9.17) is 9.47 Å². The third kappa shape index (κ3) is 3.11. The lowest BCUT2D eigenvalue weighted by Gasteiger charge is -2.18. The average molecular weight is 341 g/mol. The third-order valence-corrected chi connectivity index (χ3v) is 4.44. The van der Waals surface area contributed by atoms with Crippen LogP contribution in [0.15, 0.2) is 48.1 Å². The number of anilines is 1. The van der Waals surface area contributed by atoms with Gasteiger partial charge >= 0.3 is 0 Å². The minimum Gasteiger partial charge on any atom is -0.486 e. The Morgan fingerprint density at radius 2 is 2.00 bits per heavy atom. The molecule has 3 aromatic rings. The lowest BCUT2D eigenvalue weighted by molar-refractivity contribution is -0.115. The quantitative estimate of drug-likeness (QED) is 0.792. The van der Waals surface area contributed by atoms with Crippen LogP contribution in [0.1, 0.15) is 5.69 Å². The Kier molecular flexibility index (Phi) is 3.92. The molecule has 0 aliphatic carbocycles. The minimum absolute atomic E-state index is 0.115. The first kappa shape index (κ1) is 14.8. The van der Waals surface area contributed by atoms with Crippen LogP contribution < -0.4 is 14.8 Å². The molecule has 0 radical (unpaired) electrons. The van der Waals surface area contributed by atoms with Gasteiger partial charge in [0.2, 0.25) is 5.91 Å². The molecule has 122 valence electrons. The number of rotatable bonds is 4. The SMILES string of the molecule is O=C(Cc1csc(-n2cccc2)n1)Nc1ccc2c(c1)OCCO2. The van der Waals surface area contributed by atoms with Crippen molar-refractivity contribution in [3.05, 3.63) is 53.8 Å². The Labute approximate surface area is 142 Å². The highest BCUT2D eigenvalue weighted by Gasteiger charge is 2.14. The van der Waals surface area contributed by atoms with Crippen molar-refractivity contribution in [3.8, 4) is 16.6 Å². The number of hydrogen-bond donors (Lipinski definition) is 1. The van der Waals surface area contributed by atoms with Gasteiger partial charge in [0.15, 0.2) is 16.6 Å². The molecule has 6 nitrogen and oxygen atoms in total. The van der Waals surface area contributed by atoms with Gasteiger partial charge in [-0.05, 0) is 24.3 Å². The zero-order valence-electron chi connectivity index (χ0n) is 12.8. The van der Waals surface area contributed by atoms with Crippen LogP contribution in [0.5, 0.6) is 11.5 Å². The molecule has 1 aliphatic heterocycles. The molecule has 1 amide bonds. The van der Waals surface area contributed by atoms with Gasteiger partial charge in [0, 0.05) is 29.5 Å². The van der Waals surface area contributed by atoms with Crippen molar-refractivity contribution in [2.45, 2.75) is 6.42 Å². The van der Waals surface area contributed by atoms with Gasteiger partial charge in [-0.1, -0.05) is 0 Å². The number of thiazole rings is 1. The van der Waals surface area contributed by atoms with E-state index < -0.39 is 0 Å². The Hall–Kier alpha value is -2.80. The number of carbonyl (C=O) groups excluding carboxylic acids is 1. The summed E-state index contributed by atoms with van der Waals surface area (Å²) in [5, 5.41) is 5.62. The molecule has 0 spiro atoms. The second-order valence-corrected chi connectivity index (χ2v) is 6.13. The van der Waals surface area contributed by atoms with E-state index in [1.165, 1.54) is 11.3 Å². The number of nitrogens with one attached hydrogen (secondary N) is 1. The van der Waals surface area contributed by atoms with Gasteiger partial charge in [-0.3, -0.25) is 4.79 Å². The number of carbonyl (C=O) groups is 1. The smallest absolute Gasteiger partial charge is 0.230 e. The molecular formula is C17H15N3O3S. The normalized spacial score (nSPS) is 12.8. The molecule has 0 bridgehead atoms. The summed E-state index contributed by atoms with van der Waals surface area (Å²) in [6.45, 7) is 1.07. The maximum atomic E-state index is 12.2. The summed E-state index contributed by atoms with van der Waals surface area (Å²) >= 11 is 1.51. The summed E-state index contributed by atoms with van der Waals surface area (Å²) in [4.78, 5) is 16.7. The van der Waals surface area contributed by atoms with E-state index in [0.29, 0.717) is 30.4 Å². The predicted molar refractivity (Wildman–Crippen MR) is 91.2 cm³/mol. The molecule has 0 unspecified atom stereocenters. The average Bonchev–Trinajstić information content (AvgIpc) is 3.26. The molecule has 0 saturated carbocycles. The van der Waals surface area contributed by atoms with E-state index in [-0.39, 0.29) is 12.3 Å². The molecule has 4 rings (SSSR count). The Morgan fingerprint density at radius 1 is 1.21 bits per heavy atom. The number of hydrogen-bond acceptors (Lipinski definition) is 5. The highest BCUT2D eigenvalue weighted by atomic mass is 32.1. The topological polar surface area (TPSA) is 65.4 Å². The number of benzene rings is 1. The Bertz CT molecular complexity index is 858. The summed E-state index contributed by atoms with van der Waals surface area (Å²) in [5.74, 6) is 1.24. The summed E-state index contributed by atoms with van der Waals surface area (Å²) in [5.41, 5.74) is 1.43. The second-order valence-electron chi connectivity index (χ2n) is 5.30. The van der Waals surface area contributed by atoms with Crippen LogP contribution in [0.25, 0.3) is 5.13 Å². The van der Waals surface area contributed by atoms with Gasteiger partial charge in [0.1, 0.15) is 13.2 Å². The molecule has 7 heteroatoms. The zero-order chi connectivity index (χ0) is 16.4. The van der Waals surface area contributed by atoms with Gasteiger partial charge in [0.25, 0.3) is 0 Å². The highest BCUT2D eigenvalue weighted by Crippen LogP contribution is 2.32. The van der Waals surface area contributed by atoms with Gasteiger partial charge in [-0.2, -0.15) is 0 Å². The molecule has 0 atom stereocenters. The third-order valence-electron chi connectivity index (χ3n) is 3.53. The van der Waals surface area contributed by atoms with Crippen molar-refractivity contribution >= 4 is 22.9 Å². The maximum Gasteiger partial charge on any atom is 0.230 e. The van der Waals surface area contributed by atoms with Gasteiger partial charge < -0.3 is 19.4 Å². The molecule has 2 aromatic heterocycles. The lowest BCUT2D eigenvalue weighted by Crippen LogP contribution is -2.17. The van der Waals surface area contributed by atoms with Gasteiger partial charge in [-0.15, -0.1) is 11.3 Å². The molecule has 0 saturated heterocycles. The largest absolute Gasteiger partial charge is 0.486 e. The van der Waals surface area contributed by atoms with Crippen LogP contribution in [-0.4, -0.2) is 28.7 Å². The van der Waals surface area contributed by atoms with Gasteiger partial charge in [0.05, 0.1) is 12.1 Å². The van der Waals surface area contributed by atoms with Gasteiger partial charge in [-0.25, -0.2) is 4.98 Å². The molecule has 24 heavy (non-hydrogen) atoms. The van der Waals surface area contributed by atoms with Crippen LogP contribution in [0.4, 0.5) is 5.69 Å². The van der Waals surface area contributed by atoms with E-state index in [1.54, 1.807) is 18.2 Å². The molecular weight excluding hydrogens is 326 g/mol. The first-order chi connectivity index (χ1) is 11.8. The van der Waals surface area contributed by atoms with Crippen molar-refractivity contribution in [1.82, 2.24) is 9.55 Å². The van der Waals surface area contributed by atoms with Crippen LogP contribution in [0.2, 0.25) is 0 Å². The monoisotopic (exact) mass is 341 g/mol. The fourth-order valence-electron chi connectivity index (χ4n) is 2.45. The maximum absolute atomic E-state index is 12.2. The second kappa shape index (κ2) is 6.37. The number of aromatic nitrogens is 2. The summed E-state index contributed by atoms with van der Waals surface area (Å²) < 4.78 is 12.9. The van der Waals surface area contributed by atoms with Crippen molar-refractivity contribution in [2.24, 2.45) is 0 Å².